The largest absolute Gasteiger partial charge is 0.465 e. The SMILES string of the molecule is COC(=O)c1cc(NC2CCCN(C)CC2)ccc1F. The molecule has 1 heterocycles. The van der Waals surface area contributed by atoms with Crippen LogP contribution in [0.1, 0.15) is 29.6 Å². The molecule has 1 saturated heterocycles. The zero-order valence-electron chi connectivity index (χ0n) is 12.0. The van der Waals surface area contributed by atoms with Crippen LogP contribution in [0.4, 0.5) is 10.1 Å². The molecular formula is C15H21FN2O2. The molecule has 1 aliphatic heterocycles. The summed E-state index contributed by atoms with van der Waals surface area (Å²) in [7, 11) is 3.37. The van der Waals surface area contributed by atoms with Crippen molar-refractivity contribution in [2.24, 2.45) is 0 Å². The van der Waals surface area contributed by atoms with E-state index in [-0.39, 0.29) is 5.56 Å². The molecule has 0 aliphatic carbocycles. The summed E-state index contributed by atoms with van der Waals surface area (Å²) >= 11 is 0. The summed E-state index contributed by atoms with van der Waals surface area (Å²) in [5.74, 6) is -1.20. The number of methoxy groups -OCH3 is 1. The zero-order chi connectivity index (χ0) is 14.5. The van der Waals surface area contributed by atoms with Gasteiger partial charge in [-0.15, -0.1) is 0 Å². The normalized spacial score (nSPS) is 20.2. The maximum atomic E-state index is 13.6. The number of ether oxygens (including phenoxy) is 1. The Balaban J connectivity index is 2.07. The van der Waals surface area contributed by atoms with Gasteiger partial charge in [0.25, 0.3) is 0 Å². The average molecular weight is 280 g/mol. The minimum atomic E-state index is -0.647. The van der Waals surface area contributed by atoms with Crippen LogP contribution in [0.25, 0.3) is 0 Å². The van der Waals surface area contributed by atoms with Crippen molar-refractivity contribution in [1.82, 2.24) is 4.90 Å². The van der Waals surface area contributed by atoms with Gasteiger partial charge in [0.05, 0.1) is 12.7 Å². The van der Waals surface area contributed by atoms with E-state index in [0.717, 1.165) is 38.0 Å². The molecule has 1 aromatic rings. The number of hydrogen-bond acceptors (Lipinski definition) is 4. The highest BCUT2D eigenvalue weighted by molar-refractivity contribution is 5.90. The van der Waals surface area contributed by atoms with Gasteiger partial charge in [0.2, 0.25) is 0 Å². The molecule has 0 radical (unpaired) electrons. The van der Waals surface area contributed by atoms with Gasteiger partial charge < -0.3 is 15.0 Å². The minimum absolute atomic E-state index is 0.0248. The Hall–Kier alpha value is -1.62. The second kappa shape index (κ2) is 6.70. The molecule has 1 unspecified atom stereocenters. The van der Waals surface area contributed by atoms with E-state index >= 15 is 0 Å². The van der Waals surface area contributed by atoms with Crippen molar-refractivity contribution in [2.75, 3.05) is 32.6 Å². The Morgan fingerprint density at radius 1 is 1.40 bits per heavy atom. The van der Waals surface area contributed by atoms with Gasteiger partial charge >= 0.3 is 5.97 Å². The van der Waals surface area contributed by atoms with E-state index in [9.17, 15) is 9.18 Å². The maximum Gasteiger partial charge on any atom is 0.340 e. The fourth-order valence-corrected chi connectivity index (χ4v) is 2.50. The van der Waals surface area contributed by atoms with Crippen molar-refractivity contribution in [3.05, 3.63) is 29.6 Å². The van der Waals surface area contributed by atoms with Gasteiger partial charge in [-0.3, -0.25) is 0 Å². The van der Waals surface area contributed by atoms with Crippen LogP contribution in [0.15, 0.2) is 18.2 Å². The molecular weight excluding hydrogens is 259 g/mol. The molecule has 1 fully saturated rings. The lowest BCUT2D eigenvalue weighted by Crippen LogP contribution is -2.23. The topological polar surface area (TPSA) is 41.6 Å². The van der Waals surface area contributed by atoms with E-state index < -0.39 is 11.8 Å². The Bertz CT molecular complexity index is 479. The quantitative estimate of drug-likeness (QED) is 0.864. The summed E-state index contributed by atoms with van der Waals surface area (Å²) in [5, 5.41) is 3.39. The number of anilines is 1. The summed E-state index contributed by atoms with van der Waals surface area (Å²) in [6.45, 7) is 2.15. The lowest BCUT2D eigenvalue weighted by molar-refractivity contribution is 0.0595. The summed E-state index contributed by atoms with van der Waals surface area (Å²) in [4.78, 5) is 13.8. The zero-order valence-corrected chi connectivity index (χ0v) is 12.0. The van der Waals surface area contributed by atoms with Crippen molar-refractivity contribution in [2.45, 2.75) is 25.3 Å². The molecule has 0 aromatic heterocycles. The number of hydrogen-bond donors (Lipinski definition) is 1. The molecule has 0 saturated carbocycles. The molecule has 5 heteroatoms. The third-order valence-corrected chi connectivity index (χ3v) is 3.69. The molecule has 4 nitrogen and oxygen atoms in total. The minimum Gasteiger partial charge on any atom is -0.465 e. The van der Waals surface area contributed by atoms with Gasteiger partial charge in [0.15, 0.2) is 0 Å². The number of rotatable bonds is 3. The van der Waals surface area contributed by atoms with Gasteiger partial charge in [0.1, 0.15) is 5.82 Å². The fourth-order valence-electron chi connectivity index (χ4n) is 2.50. The van der Waals surface area contributed by atoms with Gasteiger partial charge in [-0.25, -0.2) is 9.18 Å². The number of likely N-dealkylation sites (tertiary alicyclic amines) is 1. The Labute approximate surface area is 118 Å². The predicted octanol–water partition coefficient (Wildman–Crippen LogP) is 2.51. The van der Waals surface area contributed by atoms with Crippen LogP contribution in [-0.4, -0.2) is 44.2 Å². The van der Waals surface area contributed by atoms with Crippen LogP contribution >= 0.6 is 0 Å². The number of carbonyl (C=O) groups excluding carboxylic acids is 1. The summed E-state index contributed by atoms with van der Waals surface area (Å²) in [6.07, 6.45) is 3.26. The van der Waals surface area contributed by atoms with E-state index in [0.29, 0.717) is 6.04 Å². The van der Waals surface area contributed by atoms with Crippen molar-refractivity contribution >= 4 is 11.7 Å². The van der Waals surface area contributed by atoms with E-state index in [1.165, 1.54) is 19.2 Å². The molecule has 1 aromatic carbocycles. The van der Waals surface area contributed by atoms with Gasteiger partial charge in [-0.1, -0.05) is 0 Å². The highest BCUT2D eigenvalue weighted by Crippen LogP contribution is 2.20. The van der Waals surface area contributed by atoms with Gasteiger partial charge in [0, 0.05) is 11.7 Å². The fraction of sp³-hybridized carbons (Fsp3) is 0.533. The molecule has 20 heavy (non-hydrogen) atoms. The smallest absolute Gasteiger partial charge is 0.340 e. The number of nitrogens with zero attached hydrogens (tertiary/aromatic N) is 1. The second-order valence-electron chi connectivity index (χ2n) is 5.26. The lowest BCUT2D eigenvalue weighted by Gasteiger charge is -2.18. The highest BCUT2D eigenvalue weighted by atomic mass is 19.1. The first-order chi connectivity index (χ1) is 9.60. The Kier molecular flexibility index (Phi) is 4.95. The molecule has 0 bridgehead atoms. The number of esters is 1. The standard InChI is InChI=1S/C15H21FN2O2/c1-18-8-3-4-11(7-9-18)17-12-5-6-14(16)13(10-12)15(19)20-2/h5-6,10-11,17H,3-4,7-9H2,1-2H3. The van der Waals surface area contributed by atoms with Crippen LogP contribution in [0.5, 0.6) is 0 Å². The van der Waals surface area contributed by atoms with Crippen molar-refractivity contribution in [1.29, 1.82) is 0 Å². The van der Waals surface area contributed by atoms with Gasteiger partial charge in [-0.2, -0.15) is 0 Å². The van der Waals surface area contributed by atoms with Crippen molar-refractivity contribution < 1.29 is 13.9 Å². The van der Waals surface area contributed by atoms with Crippen LogP contribution < -0.4 is 5.32 Å². The molecule has 1 aliphatic rings. The number of halogens is 1. The molecule has 2 rings (SSSR count). The van der Waals surface area contributed by atoms with Crippen LogP contribution in [0, 0.1) is 5.82 Å². The molecule has 0 amide bonds. The van der Waals surface area contributed by atoms with Crippen molar-refractivity contribution in [3.8, 4) is 0 Å². The Morgan fingerprint density at radius 3 is 2.95 bits per heavy atom. The van der Waals surface area contributed by atoms with E-state index in [2.05, 4.69) is 22.0 Å². The maximum absolute atomic E-state index is 13.6. The van der Waals surface area contributed by atoms with Crippen LogP contribution in [0.2, 0.25) is 0 Å². The van der Waals surface area contributed by atoms with E-state index in [4.69, 9.17) is 0 Å². The van der Waals surface area contributed by atoms with E-state index in [1.807, 2.05) is 0 Å². The predicted molar refractivity (Wildman–Crippen MR) is 76.5 cm³/mol. The lowest BCUT2D eigenvalue weighted by atomic mass is 10.1. The van der Waals surface area contributed by atoms with Crippen LogP contribution in [0.3, 0.4) is 0 Å². The molecule has 0 spiro atoms. The number of nitrogens with one attached hydrogen (secondary N) is 1. The second-order valence-corrected chi connectivity index (χ2v) is 5.26. The Morgan fingerprint density at radius 2 is 2.20 bits per heavy atom. The summed E-state index contributed by atoms with van der Waals surface area (Å²) in [6, 6.07) is 4.85. The van der Waals surface area contributed by atoms with Crippen molar-refractivity contribution in [3.63, 3.8) is 0 Å². The number of benzene rings is 1. The van der Waals surface area contributed by atoms with E-state index in [1.54, 1.807) is 6.07 Å². The van der Waals surface area contributed by atoms with Gasteiger partial charge in [-0.05, 0) is 57.6 Å². The number of carbonyl (C=O) groups is 1. The van der Waals surface area contributed by atoms with Crippen LogP contribution in [-0.2, 0) is 4.74 Å². The first kappa shape index (κ1) is 14.8. The summed E-state index contributed by atoms with van der Waals surface area (Å²) in [5.41, 5.74) is 0.740. The monoisotopic (exact) mass is 280 g/mol. The summed E-state index contributed by atoms with van der Waals surface area (Å²) < 4.78 is 18.1. The molecule has 1 atom stereocenters. The molecule has 110 valence electrons. The molecule has 1 N–H and O–H groups in total. The third-order valence-electron chi connectivity index (χ3n) is 3.69. The first-order valence-electron chi connectivity index (χ1n) is 6.93. The third kappa shape index (κ3) is 3.70. The highest BCUT2D eigenvalue weighted by Gasteiger charge is 2.17. The average Bonchev–Trinajstić information content (AvgIpc) is 2.65. The first-order valence-corrected chi connectivity index (χ1v) is 6.93.